The van der Waals surface area contributed by atoms with Crippen molar-refractivity contribution in [2.24, 2.45) is 0 Å². The quantitative estimate of drug-likeness (QED) is 0.768. The number of nitrogens with one attached hydrogen (secondary N) is 2. The van der Waals surface area contributed by atoms with Crippen LogP contribution in [0.1, 0.15) is 10.5 Å². The predicted octanol–water partition coefficient (Wildman–Crippen LogP) is 2.14. The van der Waals surface area contributed by atoms with Gasteiger partial charge in [-0.15, -0.1) is 11.6 Å². The van der Waals surface area contributed by atoms with E-state index in [2.05, 4.69) is 10.3 Å². The molecule has 1 aromatic carbocycles. The van der Waals surface area contributed by atoms with E-state index in [-0.39, 0.29) is 5.91 Å². The molecule has 1 heterocycles. The second-order valence-electron chi connectivity index (χ2n) is 3.22. The van der Waals surface area contributed by atoms with Crippen LogP contribution in [0.25, 0.3) is 10.9 Å². The van der Waals surface area contributed by atoms with Crippen molar-refractivity contribution in [3.8, 4) is 0 Å². The lowest BCUT2D eigenvalue weighted by atomic mass is 10.2. The van der Waals surface area contributed by atoms with Crippen LogP contribution in [0.15, 0.2) is 30.3 Å². The number of carbonyl (C=O) groups is 1. The van der Waals surface area contributed by atoms with E-state index in [1.54, 1.807) is 0 Å². The van der Waals surface area contributed by atoms with Crippen LogP contribution in [0.3, 0.4) is 0 Å². The van der Waals surface area contributed by atoms with E-state index in [4.69, 9.17) is 11.6 Å². The Morgan fingerprint density at radius 3 is 2.93 bits per heavy atom. The Kier molecular flexibility index (Phi) is 2.92. The third-order valence-electron chi connectivity index (χ3n) is 2.15. The molecule has 0 saturated heterocycles. The highest BCUT2D eigenvalue weighted by molar-refractivity contribution is 6.18. The Morgan fingerprint density at radius 2 is 2.20 bits per heavy atom. The standard InChI is InChI=1S/C11H11ClN2O/c12-5-6-13-11(15)10-7-8-3-1-2-4-9(8)14-10/h1-4,7,14H,5-6H2,(H,13,15). The van der Waals surface area contributed by atoms with Crippen molar-refractivity contribution in [3.05, 3.63) is 36.0 Å². The number of halogens is 1. The van der Waals surface area contributed by atoms with Crippen LogP contribution >= 0.6 is 11.6 Å². The largest absolute Gasteiger partial charge is 0.351 e. The number of para-hydroxylation sites is 1. The molecule has 2 rings (SSSR count). The van der Waals surface area contributed by atoms with Gasteiger partial charge in [0.15, 0.2) is 0 Å². The number of alkyl halides is 1. The van der Waals surface area contributed by atoms with Crippen molar-refractivity contribution in [2.75, 3.05) is 12.4 Å². The minimum Gasteiger partial charge on any atom is -0.351 e. The highest BCUT2D eigenvalue weighted by atomic mass is 35.5. The number of amides is 1. The van der Waals surface area contributed by atoms with Crippen molar-refractivity contribution < 1.29 is 4.79 Å². The average molecular weight is 223 g/mol. The molecule has 0 spiro atoms. The molecule has 0 aliphatic heterocycles. The van der Waals surface area contributed by atoms with Crippen LogP contribution < -0.4 is 5.32 Å². The molecule has 0 aliphatic carbocycles. The van der Waals surface area contributed by atoms with Crippen molar-refractivity contribution in [1.29, 1.82) is 0 Å². The summed E-state index contributed by atoms with van der Waals surface area (Å²) >= 11 is 5.49. The third-order valence-corrected chi connectivity index (χ3v) is 2.34. The highest BCUT2D eigenvalue weighted by Crippen LogP contribution is 2.14. The predicted molar refractivity (Wildman–Crippen MR) is 61.4 cm³/mol. The van der Waals surface area contributed by atoms with Crippen LogP contribution in [0.4, 0.5) is 0 Å². The second-order valence-corrected chi connectivity index (χ2v) is 3.59. The molecule has 0 aliphatic rings. The van der Waals surface area contributed by atoms with Gasteiger partial charge in [-0.25, -0.2) is 0 Å². The molecule has 0 unspecified atom stereocenters. The minimum atomic E-state index is -0.119. The summed E-state index contributed by atoms with van der Waals surface area (Å²) in [7, 11) is 0. The number of rotatable bonds is 3. The number of carbonyl (C=O) groups excluding carboxylic acids is 1. The fourth-order valence-electron chi connectivity index (χ4n) is 1.45. The molecule has 3 nitrogen and oxygen atoms in total. The van der Waals surface area contributed by atoms with Crippen LogP contribution in [-0.4, -0.2) is 23.3 Å². The highest BCUT2D eigenvalue weighted by Gasteiger charge is 2.07. The monoisotopic (exact) mass is 222 g/mol. The molecule has 2 aromatic rings. The number of benzene rings is 1. The van der Waals surface area contributed by atoms with Gasteiger partial charge in [-0.05, 0) is 12.1 Å². The summed E-state index contributed by atoms with van der Waals surface area (Å²) in [5.41, 5.74) is 1.54. The van der Waals surface area contributed by atoms with E-state index >= 15 is 0 Å². The Balaban J connectivity index is 2.25. The first-order valence-corrected chi connectivity index (χ1v) is 5.26. The molecule has 2 N–H and O–H groups in total. The van der Waals surface area contributed by atoms with Crippen LogP contribution in [0, 0.1) is 0 Å². The molecule has 0 bridgehead atoms. The molecule has 0 fully saturated rings. The van der Waals surface area contributed by atoms with E-state index in [1.807, 2.05) is 30.3 Å². The lowest BCUT2D eigenvalue weighted by Crippen LogP contribution is -2.25. The number of aromatic amines is 1. The van der Waals surface area contributed by atoms with Gasteiger partial charge < -0.3 is 10.3 Å². The normalized spacial score (nSPS) is 10.5. The van der Waals surface area contributed by atoms with Gasteiger partial charge in [0.2, 0.25) is 0 Å². The fourth-order valence-corrected chi connectivity index (χ4v) is 1.55. The van der Waals surface area contributed by atoms with Crippen molar-refractivity contribution in [2.45, 2.75) is 0 Å². The topological polar surface area (TPSA) is 44.9 Å². The molecule has 1 aromatic heterocycles. The first-order chi connectivity index (χ1) is 7.31. The molecular weight excluding hydrogens is 212 g/mol. The lowest BCUT2D eigenvalue weighted by Gasteiger charge is -1.98. The van der Waals surface area contributed by atoms with Gasteiger partial charge in [0.05, 0.1) is 0 Å². The lowest BCUT2D eigenvalue weighted by molar-refractivity contribution is 0.0952. The summed E-state index contributed by atoms with van der Waals surface area (Å²) < 4.78 is 0. The van der Waals surface area contributed by atoms with Gasteiger partial charge in [-0.2, -0.15) is 0 Å². The van der Waals surface area contributed by atoms with Gasteiger partial charge >= 0.3 is 0 Å². The van der Waals surface area contributed by atoms with E-state index in [0.717, 1.165) is 10.9 Å². The van der Waals surface area contributed by atoms with E-state index in [1.165, 1.54) is 0 Å². The molecule has 0 radical (unpaired) electrons. The maximum Gasteiger partial charge on any atom is 0.267 e. The van der Waals surface area contributed by atoms with Gasteiger partial charge in [-0.1, -0.05) is 18.2 Å². The maximum absolute atomic E-state index is 11.6. The summed E-state index contributed by atoms with van der Waals surface area (Å²) in [6, 6.07) is 9.60. The Morgan fingerprint density at radius 1 is 1.40 bits per heavy atom. The van der Waals surface area contributed by atoms with E-state index in [0.29, 0.717) is 18.1 Å². The SMILES string of the molecule is O=C(NCCCl)c1cc2ccccc2[nH]1. The number of fused-ring (bicyclic) bond motifs is 1. The second kappa shape index (κ2) is 4.36. The van der Waals surface area contributed by atoms with Crippen molar-refractivity contribution in [1.82, 2.24) is 10.3 Å². The smallest absolute Gasteiger partial charge is 0.267 e. The summed E-state index contributed by atoms with van der Waals surface area (Å²) in [4.78, 5) is 14.6. The maximum atomic E-state index is 11.6. The average Bonchev–Trinajstić information content (AvgIpc) is 2.69. The van der Waals surface area contributed by atoms with Gasteiger partial charge in [0.25, 0.3) is 5.91 Å². The molecular formula is C11H11ClN2O. The minimum absolute atomic E-state index is 0.119. The van der Waals surface area contributed by atoms with Gasteiger partial charge in [-0.3, -0.25) is 4.79 Å². The molecule has 4 heteroatoms. The van der Waals surface area contributed by atoms with Crippen LogP contribution in [-0.2, 0) is 0 Å². The molecule has 15 heavy (non-hydrogen) atoms. The van der Waals surface area contributed by atoms with Crippen LogP contribution in [0.2, 0.25) is 0 Å². The third kappa shape index (κ3) is 2.13. The number of aromatic nitrogens is 1. The first kappa shape index (κ1) is 10.1. The van der Waals surface area contributed by atoms with Gasteiger partial charge in [0.1, 0.15) is 5.69 Å². The first-order valence-electron chi connectivity index (χ1n) is 4.73. The fraction of sp³-hybridized carbons (Fsp3) is 0.182. The summed E-state index contributed by atoms with van der Waals surface area (Å²) in [6.07, 6.45) is 0. The van der Waals surface area contributed by atoms with E-state index < -0.39 is 0 Å². The number of hydrogen-bond acceptors (Lipinski definition) is 1. The van der Waals surface area contributed by atoms with E-state index in [9.17, 15) is 4.79 Å². The summed E-state index contributed by atoms with van der Waals surface area (Å²) in [5.74, 6) is 0.304. The number of hydrogen-bond donors (Lipinski definition) is 2. The van der Waals surface area contributed by atoms with Crippen molar-refractivity contribution >= 4 is 28.4 Å². The Bertz CT molecular complexity index is 445. The zero-order valence-electron chi connectivity index (χ0n) is 8.09. The molecule has 1 amide bonds. The zero-order chi connectivity index (χ0) is 10.7. The van der Waals surface area contributed by atoms with Crippen LogP contribution in [0.5, 0.6) is 0 Å². The molecule has 0 atom stereocenters. The van der Waals surface area contributed by atoms with Gasteiger partial charge in [0, 0.05) is 23.3 Å². The molecule has 78 valence electrons. The Hall–Kier alpha value is -1.48. The van der Waals surface area contributed by atoms with Crippen molar-refractivity contribution in [3.63, 3.8) is 0 Å². The zero-order valence-corrected chi connectivity index (χ0v) is 8.84. The number of H-pyrrole nitrogens is 1. The molecule has 0 saturated carbocycles. The Labute approximate surface area is 92.4 Å². The summed E-state index contributed by atoms with van der Waals surface area (Å²) in [6.45, 7) is 0.482. The summed E-state index contributed by atoms with van der Waals surface area (Å²) in [5, 5.41) is 3.74.